The molecule has 7 heteroatoms. The molecule has 2 rings (SSSR count). The summed E-state index contributed by atoms with van der Waals surface area (Å²) in [5.41, 5.74) is 1.32. The first-order valence-electron chi connectivity index (χ1n) is 9.10. The van der Waals surface area contributed by atoms with E-state index in [0.29, 0.717) is 0 Å². The molecule has 1 heterocycles. The number of nitrogens with one attached hydrogen (secondary N) is 2. The van der Waals surface area contributed by atoms with Crippen LogP contribution in [0.15, 0.2) is 24.3 Å². The van der Waals surface area contributed by atoms with Crippen LogP contribution in [0.3, 0.4) is 0 Å². The van der Waals surface area contributed by atoms with E-state index in [1.807, 2.05) is 12.1 Å². The van der Waals surface area contributed by atoms with Gasteiger partial charge in [-0.15, -0.1) is 0 Å². The number of aryl methyl sites for hydroxylation is 1. The molecule has 7 nitrogen and oxygen atoms in total. The molecule has 2 N–H and O–H groups in total. The Morgan fingerprint density at radius 1 is 1.19 bits per heavy atom. The van der Waals surface area contributed by atoms with E-state index in [-0.39, 0.29) is 18.6 Å². The lowest BCUT2D eigenvalue weighted by Gasteiger charge is -2.32. The van der Waals surface area contributed by atoms with Gasteiger partial charge in [0.15, 0.2) is 6.61 Å². The number of hydrogen-bond acceptors (Lipinski definition) is 5. The van der Waals surface area contributed by atoms with E-state index in [1.165, 1.54) is 12.6 Å². The van der Waals surface area contributed by atoms with Crippen molar-refractivity contribution in [2.45, 2.75) is 31.7 Å². The lowest BCUT2D eigenvalue weighted by atomic mass is 10.0. The highest BCUT2D eigenvalue weighted by Crippen LogP contribution is 2.14. The highest BCUT2D eigenvalue weighted by atomic mass is 16.6. The van der Waals surface area contributed by atoms with Gasteiger partial charge < -0.3 is 25.0 Å². The Morgan fingerprint density at radius 2 is 1.88 bits per heavy atom. The molecule has 26 heavy (non-hydrogen) atoms. The third kappa shape index (κ3) is 6.92. The van der Waals surface area contributed by atoms with E-state index in [0.717, 1.165) is 51.1 Å². The monoisotopic (exact) mass is 363 g/mol. The molecule has 0 unspecified atom stereocenters. The number of ether oxygens (including phenoxy) is 2. The molecule has 1 aromatic rings. The van der Waals surface area contributed by atoms with Gasteiger partial charge in [0, 0.05) is 26.2 Å². The van der Waals surface area contributed by atoms with Crippen molar-refractivity contribution in [1.82, 2.24) is 15.5 Å². The minimum absolute atomic E-state index is 0.116. The van der Waals surface area contributed by atoms with E-state index < -0.39 is 6.09 Å². The van der Waals surface area contributed by atoms with Gasteiger partial charge in [-0.2, -0.15) is 0 Å². The van der Waals surface area contributed by atoms with Crippen LogP contribution in [0.4, 0.5) is 4.79 Å². The third-order valence-electron chi connectivity index (χ3n) is 4.62. The second-order valence-electron chi connectivity index (χ2n) is 6.46. The fraction of sp³-hybridized carbons (Fsp3) is 0.579. The van der Waals surface area contributed by atoms with E-state index in [9.17, 15) is 9.59 Å². The van der Waals surface area contributed by atoms with Crippen LogP contribution in [0.5, 0.6) is 5.75 Å². The van der Waals surface area contributed by atoms with Crippen LogP contribution in [0, 0.1) is 0 Å². The molecule has 144 valence electrons. The normalized spacial score (nSPS) is 15.3. The Labute approximate surface area is 155 Å². The number of benzene rings is 1. The smallest absolute Gasteiger partial charge is 0.407 e. The second-order valence-corrected chi connectivity index (χ2v) is 6.46. The van der Waals surface area contributed by atoms with Gasteiger partial charge in [0.05, 0.1) is 7.11 Å². The van der Waals surface area contributed by atoms with Crippen molar-refractivity contribution in [1.29, 1.82) is 0 Å². The molecule has 1 aliphatic rings. The molecule has 0 bridgehead atoms. The first kappa shape index (κ1) is 20.0. The van der Waals surface area contributed by atoms with Crippen molar-refractivity contribution in [3.63, 3.8) is 0 Å². The topological polar surface area (TPSA) is 79.9 Å². The number of carbonyl (C=O) groups is 2. The molecule has 1 aromatic carbocycles. The van der Waals surface area contributed by atoms with Crippen LogP contribution >= 0.6 is 0 Å². The number of methoxy groups -OCH3 is 1. The molecular formula is C19H29N3O4. The van der Waals surface area contributed by atoms with Crippen LogP contribution in [-0.4, -0.2) is 63.3 Å². The van der Waals surface area contributed by atoms with Crippen molar-refractivity contribution in [2.75, 3.05) is 40.4 Å². The first-order chi connectivity index (χ1) is 12.6. The maximum absolute atomic E-state index is 11.7. The zero-order valence-corrected chi connectivity index (χ0v) is 15.6. The molecular weight excluding hydrogens is 334 g/mol. The number of amides is 2. The number of alkyl carbamates (subject to hydrolysis) is 1. The van der Waals surface area contributed by atoms with Crippen LogP contribution in [-0.2, 0) is 16.0 Å². The molecule has 2 amide bonds. The number of hydrogen-bond donors (Lipinski definition) is 2. The summed E-state index contributed by atoms with van der Waals surface area (Å²) in [5.74, 6) is 0.573. The summed E-state index contributed by atoms with van der Waals surface area (Å²) < 4.78 is 10.0. The van der Waals surface area contributed by atoms with Gasteiger partial charge in [0.25, 0.3) is 5.91 Å². The predicted molar refractivity (Wildman–Crippen MR) is 99.3 cm³/mol. The number of piperidine rings is 1. The Kier molecular flexibility index (Phi) is 8.21. The summed E-state index contributed by atoms with van der Waals surface area (Å²) in [4.78, 5) is 25.1. The summed E-state index contributed by atoms with van der Waals surface area (Å²) in [6, 6.07) is 8.33. The molecule has 1 saturated heterocycles. The Morgan fingerprint density at radius 3 is 2.50 bits per heavy atom. The van der Waals surface area contributed by atoms with E-state index in [1.54, 1.807) is 7.11 Å². The van der Waals surface area contributed by atoms with E-state index >= 15 is 0 Å². The summed E-state index contributed by atoms with van der Waals surface area (Å²) in [7, 11) is 3.18. The summed E-state index contributed by atoms with van der Waals surface area (Å²) in [6.07, 6.45) is 3.44. The SMILES string of the molecule is CNC(=O)COC(=O)NC1CCN(CCCc2ccc(OC)cc2)CC1. The highest BCUT2D eigenvalue weighted by Gasteiger charge is 2.21. The third-order valence-corrected chi connectivity index (χ3v) is 4.62. The van der Waals surface area contributed by atoms with E-state index in [2.05, 4.69) is 27.7 Å². The first-order valence-corrected chi connectivity index (χ1v) is 9.10. The zero-order valence-electron chi connectivity index (χ0n) is 15.6. The Hall–Kier alpha value is -2.28. The maximum Gasteiger partial charge on any atom is 0.407 e. The molecule has 0 aromatic heterocycles. The second kappa shape index (κ2) is 10.7. The van der Waals surface area contributed by atoms with Crippen molar-refractivity contribution >= 4 is 12.0 Å². The molecule has 0 radical (unpaired) electrons. The van der Waals surface area contributed by atoms with Crippen LogP contribution < -0.4 is 15.4 Å². The minimum Gasteiger partial charge on any atom is -0.497 e. The minimum atomic E-state index is -0.522. The summed E-state index contributed by atoms with van der Waals surface area (Å²) >= 11 is 0. The van der Waals surface area contributed by atoms with Crippen LogP contribution in [0.25, 0.3) is 0 Å². The fourth-order valence-corrected chi connectivity index (χ4v) is 3.01. The maximum atomic E-state index is 11.7. The van der Waals surface area contributed by atoms with Crippen molar-refractivity contribution in [3.05, 3.63) is 29.8 Å². The van der Waals surface area contributed by atoms with Crippen LogP contribution in [0.1, 0.15) is 24.8 Å². The molecule has 0 aliphatic carbocycles. The number of nitrogens with zero attached hydrogens (tertiary/aromatic N) is 1. The van der Waals surface area contributed by atoms with Crippen molar-refractivity contribution < 1.29 is 19.1 Å². The summed E-state index contributed by atoms with van der Waals surface area (Å²) in [5, 5.41) is 5.24. The molecule has 1 fully saturated rings. The Balaban J connectivity index is 1.59. The van der Waals surface area contributed by atoms with Gasteiger partial charge in [-0.25, -0.2) is 4.79 Å². The summed E-state index contributed by atoms with van der Waals surface area (Å²) in [6.45, 7) is 2.73. The number of carbonyl (C=O) groups excluding carboxylic acids is 2. The predicted octanol–water partition coefficient (Wildman–Crippen LogP) is 1.56. The molecule has 1 aliphatic heterocycles. The number of rotatable bonds is 8. The molecule has 0 atom stereocenters. The van der Waals surface area contributed by atoms with Crippen molar-refractivity contribution in [3.8, 4) is 5.75 Å². The number of likely N-dealkylation sites (tertiary alicyclic amines) is 1. The van der Waals surface area contributed by atoms with Gasteiger partial charge in [-0.1, -0.05) is 12.1 Å². The standard InChI is InChI=1S/C19H29N3O4/c1-20-18(23)14-26-19(24)21-16-9-12-22(13-10-16)11-3-4-15-5-7-17(25-2)8-6-15/h5-8,16H,3-4,9-14H2,1-2H3,(H,20,23)(H,21,24). The van der Waals surface area contributed by atoms with Gasteiger partial charge in [0.1, 0.15) is 5.75 Å². The average Bonchev–Trinajstić information content (AvgIpc) is 2.68. The van der Waals surface area contributed by atoms with Gasteiger partial charge in [-0.3, -0.25) is 4.79 Å². The van der Waals surface area contributed by atoms with Gasteiger partial charge >= 0.3 is 6.09 Å². The fourth-order valence-electron chi connectivity index (χ4n) is 3.01. The van der Waals surface area contributed by atoms with E-state index in [4.69, 9.17) is 9.47 Å². The molecule has 0 saturated carbocycles. The Bertz CT molecular complexity index is 569. The average molecular weight is 363 g/mol. The van der Waals surface area contributed by atoms with Crippen molar-refractivity contribution in [2.24, 2.45) is 0 Å². The highest BCUT2D eigenvalue weighted by molar-refractivity contribution is 5.79. The lowest BCUT2D eigenvalue weighted by molar-refractivity contribution is -0.123. The molecule has 0 spiro atoms. The van der Waals surface area contributed by atoms with Gasteiger partial charge in [0.2, 0.25) is 0 Å². The van der Waals surface area contributed by atoms with Gasteiger partial charge in [-0.05, 0) is 49.9 Å². The zero-order chi connectivity index (χ0) is 18.8. The number of likely N-dealkylation sites (N-methyl/N-ethyl adjacent to an activating group) is 1. The lowest BCUT2D eigenvalue weighted by Crippen LogP contribution is -2.45. The quantitative estimate of drug-likeness (QED) is 0.733. The van der Waals surface area contributed by atoms with Crippen LogP contribution in [0.2, 0.25) is 0 Å². The largest absolute Gasteiger partial charge is 0.497 e.